The van der Waals surface area contributed by atoms with E-state index in [-0.39, 0.29) is 12.4 Å². The van der Waals surface area contributed by atoms with Crippen molar-refractivity contribution in [1.82, 2.24) is 4.98 Å². The molecule has 0 bridgehead atoms. The fourth-order valence-corrected chi connectivity index (χ4v) is 3.46. The second kappa shape index (κ2) is 11.3. The van der Waals surface area contributed by atoms with E-state index in [1.54, 1.807) is 14.2 Å². The van der Waals surface area contributed by atoms with Gasteiger partial charge in [0.25, 0.3) is 0 Å². The maximum absolute atomic E-state index is 15.2. The standard InChI is InChI=1S/C25H29FN2O4/c1-30-21-10-6-18(7-11-21)16-28(17-19-8-12-22(31-2)13-9-19)24-23(26)15-20(5-4-14-29)25(27-24)32-3/h6-13,15,29H,4-5,14,16-17H2,1-3H3. The Labute approximate surface area is 188 Å². The molecule has 0 aliphatic rings. The number of ether oxygens (including phenoxy) is 3. The third-order valence-electron chi connectivity index (χ3n) is 5.16. The molecule has 1 heterocycles. The van der Waals surface area contributed by atoms with Gasteiger partial charge < -0.3 is 24.2 Å². The highest BCUT2D eigenvalue weighted by atomic mass is 19.1. The third-order valence-corrected chi connectivity index (χ3v) is 5.16. The number of hydrogen-bond donors (Lipinski definition) is 1. The van der Waals surface area contributed by atoms with E-state index in [1.807, 2.05) is 53.4 Å². The molecule has 0 saturated heterocycles. The van der Waals surface area contributed by atoms with Crippen LogP contribution in [0.3, 0.4) is 0 Å². The molecule has 0 unspecified atom stereocenters. The number of aliphatic hydroxyl groups is 1. The Kier molecular flexibility index (Phi) is 8.27. The number of halogens is 1. The number of aryl methyl sites for hydroxylation is 1. The first-order valence-electron chi connectivity index (χ1n) is 10.4. The van der Waals surface area contributed by atoms with Crippen LogP contribution in [0.1, 0.15) is 23.1 Å². The molecule has 0 spiro atoms. The summed E-state index contributed by atoms with van der Waals surface area (Å²) in [7, 11) is 4.76. The molecule has 1 aromatic heterocycles. The summed E-state index contributed by atoms with van der Waals surface area (Å²) in [6.45, 7) is 0.908. The lowest BCUT2D eigenvalue weighted by atomic mass is 10.1. The fourth-order valence-electron chi connectivity index (χ4n) is 3.46. The topological polar surface area (TPSA) is 64.1 Å². The highest BCUT2D eigenvalue weighted by Crippen LogP contribution is 2.29. The van der Waals surface area contributed by atoms with Crippen molar-refractivity contribution in [3.63, 3.8) is 0 Å². The van der Waals surface area contributed by atoms with Crippen molar-refractivity contribution in [3.05, 3.63) is 77.1 Å². The van der Waals surface area contributed by atoms with E-state index in [2.05, 4.69) is 4.98 Å². The molecule has 0 radical (unpaired) electrons. The molecule has 7 heteroatoms. The number of methoxy groups -OCH3 is 3. The summed E-state index contributed by atoms with van der Waals surface area (Å²) >= 11 is 0. The van der Waals surface area contributed by atoms with Crippen LogP contribution < -0.4 is 19.1 Å². The average Bonchev–Trinajstić information content (AvgIpc) is 2.83. The lowest BCUT2D eigenvalue weighted by molar-refractivity contribution is 0.287. The number of hydrogen-bond acceptors (Lipinski definition) is 6. The van der Waals surface area contributed by atoms with Gasteiger partial charge >= 0.3 is 0 Å². The summed E-state index contributed by atoms with van der Waals surface area (Å²) < 4.78 is 31.1. The molecule has 3 aromatic rings. The van der Waals surface area contributed by atoms with Crippen molar-refractivity contribution in [2.24, 2.45) is 0 Å². The van der Waals surface area contributed by atoms with Crippen LogP contribution in [0.2, 0.25) is 0 Å². The highest BCUT2D eigenvalue weighted by Gasteiger charge is 2.19. The Balaban J connectivity index is 1.95. The smallest absolute Gasteiger partial charge is 0.218 e. The van der Waals surface area contributed by atoms with Crippen LogP contribution in [0, 0.1) is 5.82 Å². The molecule has 0 fully saturated rings. The lowest BCUT2D eigenvalue weighted by Gasteiger charge is -2.25. The van der Waals surface area contributed by atoms with Crippen molar-refractivity contribution in [2.75, 3.05) is 32.8 Å². The van der Waals surface area contributed by atoms with Gasteiger partial charge in [-0.25, -0.2) is 4.39 Å². The largest absolute Gasteiger partial charge is 0.497 e. The zero-order valence-corrected chi connectivity index (χ0v) is 18.7. The second-order valence-electron chi connectivity index (χ2n) is 7.34. The van der Waals surface area contributed by atoms with E-state index >= 15 is 4.39 Å². The summed E-state index contributed by atoms with van der Waals surface area (Å²) in [4.78, 5) is 6.37. The van der Waals surface area contributed by atoms with Gasteiger partial charge in [0, 0.05) is 25.3 Å². The van der Waals surface area contributed by atoms with Crippen molar-refractivity contribution in [1.29, 1.82) is 0 Å². The van der Waals surface area contributed by atoms with Crippen LogP contribution in [0.15, 0.2) is 54.6 Å². The molecule has 0 aliphatic carbocycles. The van der Waals surface area contributed by atoms with Gasteiger partial charge in [-0.15, -0.1) is 0 Å². The van der Waals surface area contributed by atoms with Gasteiger partial charge in [-0.2, -0.15) is 4.98 Å². The Morgan fingerprint density at radius 1 is 0.844 bits per heavy atom. The van der Waals surface area contributed by atoms with Crippen LogP contribution in [0.5, 0.6) is 17.4 Å². The molecule has 0 atom stereocenters. The Morgan fingerprint density at radius 3 is 1.81 bits per heavy atom. The van der Waals surface area contributed by atoms with E-state index in [1.165, 1.54) is 13.2 Å². The SMILES string of the molecule is COc1ccc(CN(Cc2ccc(OC)cc2)c2nc(OC)c(CCCO)cc2F)cc1. The Hall–Kier alpha value is -3.32. The zero-order chi connectivity index (χ0) is 22.9. The number of aliphatic hydroxyl groups excluding tert-OH is 1. The Morgan fingerprint density at radius 2 is 1.38 bits per heavy atom. The van der Waals surface area contributed by atoms with Gasteiger partial charge in [0.2, 0.25) is 5.88 Å². The second-order valence-corrected chi connectivity index (χ2v) is 7.34. The molecule has 0 saturated carbocycles. The molecule has 0 amide bonds. The third kappa shape index (κ3) is 5.88. The predicted molar refractivity (Wildman–Crippen MR) is 122 cm³/mol. The van der Waals surface area contributed by atoms with Crippen LogP contribution in [-0.2, 0) is 19.5 Å². The molecule has 1 N–H and O–H groups in total. The molecule has 0 aliphatic heterocycles. The number of nitrogens with zero attached hydrogens (tertiary/aromatic N) is 2. The van der Waals surface area contributed by atoms with Crippen LogP contribution in [0.4, 0.5) is 10.2 Å². The van der Waals surface area contributed by atoms with Gasteiger partial charge in [-0.3, -0.25) is 0 Å². The molecule has 3 rings (SSSR count). The van der Waals surface area contributed by atoms with Gasteiger partial charge in [0.05, 0.1) is 21.3 Å². The first-order chi connectivity index (χ1) is 15.6. The maximum Gasteiger partial charge on any atom is 0.218 e. The first kappa shape index (κ1) is 23.3. The molecule has 170 valence electrons. The summed E-state index contributed by atoms with van der Waals surface area (Å²) in [6, 6.07) is 16.8. The van der Waals surface area contributed by atoms with E-state index in [9.17, 15) is 0 Å². The Bertz CT molecular complexity index is 945. The van der Waals surface area contributed by atoms with Gasteiger partial charge in [-0.05, 0) is 54.3 Å². The molecule has 32 heavy (non-hydrogen) atoms. The molecular formula is C25H29FN2O4. The first-order valence-corrected chi connectivity index (χ1v) is 10.4. The molecule has 6 nitrogen and oxygen atoms in total. The summed E-state index contributed by atoms with van der Waals surface area (Å²) in [5, 5.41) is 9.13. The van der Waals surface area contributed by atoms with Gasteiger partial charge in [0.1, 0.15) is 11.5 Å². The van der Waals surface area contributed by atoms with Crippen LogP contribution in [0.25, 0.3) is 0 Å². The minimum absolute atomic E-state index is 0.0214. The fraction of sp³-hybridized carbons (Fsp3) is 0.320. The van der Waals surface area contributed by atoms with Crippen molar-refractivity contribution >= 4 is 5.82 Å². The van der Waals surface area contributed by atoms with E-state index < -0.39 is 5.82 Å². The van der Waals surface area contributed by atoms with Crippen molar-refractivity contribution in [2.45, 2.75) is 25.9 Å². The van der Waals surface area contributed by atoms with Gasteiger partial charge in [0.15, 0.2) is 11.6 Å². The normalized spacial score (nSPS) is 10.7. The number of anilines is 1. The quantitative estimate of drug-likeness (QED) is 0.478. The highest BCUT2D eigenvalue weighted by molar-refractivity contribution is 5.47. The molecular weight excluding hydrogens is 411 g/mol. The van der Waals surface area contributed by atoms with E-state index in [0.29, 0.717) is 37.4 Å². The van der Waals surface area contributed by atoms with Crippen LogP contribution in [-0.4, -0.2) is 38.0 Å². The molecule has 2 aromatic carbocycles. The summed E-state index contributed by atoms with van der Waals surface area (Å²) in [6.07, 6.45) is 0.999. The van der Waals surface area contributed by atoms with Crippen molar-refractivity contribution in [3.8, 4) is 17.4 Å². The number of benzene rings is 2. The van der Waals surface area contributed by atoms with E-state index in [4.69, 9.17) is 19.3 Å². The number of pyridine rings is 1. The average molecular weight is 441 g/mol. The minimum Gasteiger partial charge on any atom is -0.497 e. The number of aromatic nitrogens is 1. The number of rotatable bonds is 11. The summed E-state index contributed by atoms with van der Waals surface area (Å²) in [5.41, 5.74) is 2.62. The minimum atomic E-state index is -0.430. The van der Waals surface area contributed by atoms with E-state index in [0.717, 1.165) is 22.6 Å². The lowest BCUT2D eigenvalue weighted by Crippen LogP contribution is -2.24. The van der Waals surface area contributed by atoms with Gasteiger partial charge in [-0.1, -0.05) is 24.3 Å². The van der Waals surface area contributed by atoms with Crippen LogP contribution >= 0.6 is 0 Å². The maximum atomic E-state index is 15.2. The predicted octanol–water partition coefficient (Wildman–Crippen LogP) is 4.38. The monoisotopic (exact) mass is 440 g/mol. The zero-order valence-electron chi connectivity index (χ0n) is 18.7. The van der Waals surface area contributed by atoms with Crippen molar-refractivity contribution < 1.29 is 23.7 Å². The summed E-state index contributed by atoms with van der Waals surface area (Å²) in [5.74, 6) is 1.66.